The lowest BCUT2D eigenvalue weighted by Gasteiger charge is -2.30. The Balaban J connectivity index is 1.30. The van der Waals surface area contributed by atoms with Crippen LogP contribution in [-0.4, -0.2) is 60.8 Å². The summed E-state index contributed by atoms with van der Waals surface area (Å²) in [6.07, 6.45) is -1.13. The van der Waals surface area contributed by atoms with E-state index in [0.717, 1.165) is 0 Å². The Labute approximate surface area is 209 Å². The first-order valence-electron chi connectivity index (χ1n) is 10.6. The highest BCUT2D eigenvalue weighted by Gasteiger charge is 2.54. The molecule has 0 aliphatic carbocycles. The number of aliphatic hydroxyl groups excluding tert-OH is 1. The van der Waals surface area contributed by atoms with E-state index in [1.54, 1.807) is 18.2 Å². The molecule has 35 heavy (non-hydrogen) atoms. The van der Waals surface area contributed by atoms with Crippen molar-refractivity contribution in [3.63, 3.8) is 0 Å². The Bertz CT molecular complexity index is 1310. The average Bonchev–Trinajstić information content (AvgIpc) is 3.34. The number of nitrogens with zero attached hydrogens (tertiary/aromatic N) is 4. The molecule has 2 aromatic heterocycles. The minimum atomic E-state index is -4.01. The van der Waals surface area contributed by atoms with Gasteiger partial charge in [-0.25, -0.2) is 19.5 Å². The zero-order valence-electron chi connectivity index (χ0n) is 18.3. The molecule has 6 atom stereocenters. The van der Waals surface area contributed by atoms with Gasteiger partial charge in [0.25, 0.3) is 0 Å². The zero-order chi connectivity index (χ0) is 25.0. The maximum atomic E-state index is 13.1. The molecule has 5 rings (SSSR count). The fourth-order valence-electron chi connectivity index (χ4n) is 4.10. The van der Waals surface area contributed by atoms with Crippen LogP contribution in [0.1, 0.15) is 31.2 Å². The normalized spacial score (nSPS) is 33.4. The fourth-order valence-corrected chi connectivity index (χ4v) is 5.80. The summed E-state index contributed by atoms with van der Waals surface area (Å²) in [5.41, 5.74) is 5.36. The van der Waals surface area contributed by atoms with Crippen molar-refractivity contribution in [3.8, 4) is 0 Å². The van der Waals surface area contributed by atoms with Crippen LogP contribution in [0, 0.1) is 0 Å². The molecule has 1 aromatic carbocycles. The van der Waals surface area contributed by atoms with Crippen LogP contribution in [0.4, 0.5) is 5.82 Å². The van der Waals surface area contributed by atoms with Crippen molar-refractivity contribution in [3.05, 3.63) is 46.5 Å². The molecule has 2 aliphatic rings. The van der Waals surface area contributed by atoms with Crippen molar-refractivity contribution in [2.45, 2.75) is 43.5 Å². The number of aliphatic hydroxyl groups is 2. The van der Waals surface area contributed by atoms with E-state index in [2.05, 4.69) is 15.0 Å². The Kier molecular flexibility index (Phi) is 6.54. The van der Waals surface area contributed by atoms with Gasteiger partial charge in [-0.15, -0.1) is 0 Å². The first kappa shape index (κ1) is 24.8. The van der Waals surface area contributed by atoms with E-state index in [-0.39, 0.29) is 19.0 Å². The van der Waals surface area contributed by atoms with Crippen molar-refractivity contribution >= 4 is 48.0 Å². The van der Waals surface area contributed by atoms with Crippen molar-refractivity contribution in [1.82, 2.24) is 19.5 Å². The van der Waals surface area contributed by atoms with E-state index in [0.29, 0.717) is 33.2 Å². The fraction of sp³-hybridized carbons (Fsp3) is 0.450. The van der Waals surface area contributed by atoms with Crippen LogP contribution in [0.5, 0.6) is 0 Å². The highest BCUT2D eigenvalue weighted by molar-refractivity contribution is 7.48. The van der Waals surface area contributed by atoms with Gasteiger partial charge in [0.1, 0.15) is 29.7 Å². The van der Waals surface area contributed by atoms with Crippen LogP contribution in [0.25, 0.3) is 11.2 Å². The molecule has 0 spiro atoms. The Morgan fingerprint density at radius 3 is 2.89 bits per heavy atom. The van der Waals surface area contributed by atoms with Crippen LogP contribution < -0.4 is 5.73 Å². The highest BCUT2D eigenvalue weighted by Crippen LogP contribution is 2.57. The lowest BCUT2D eigenvalue weighted by atomic mass is 9.96. The second-order valence-electron chi connectivity index (χ2n) is 8.41. The first-order chi connectivity index (χ1) is 16.6. The lowest BCUT2D eigenvalue weighted by molar-refractivity contribution is -0.0953. The van der Waals surface area contributed by atoms with Crippen molar-refractivity contribution in [2.75, 3.05) is 18.9 Å². The summed E-state index contributed by atoms with van der Waals surface area (Å²) in [6, 6.07) is 4.96. The molecular formula is C20H22Cl2N5O7P. The van der Waals surface area contributed by atoms with Gasteiger partial charge < -0.3 is 20.7 Å². The molecule has 2 saturated heterocycles. The molecule has 0 saturated carbocycles. The number of phosphoric ester groups is 1. The zero-order valence-corrected chi connectivity index (χ0v) is 20.7. The largest absolute Gasteiger partial charge is 0.475 e. The molecule has 2 aliphatic heterocycles. The first-order valence-corrected chi connectivity index (χ1v) is 12.8. The molecular weight excluding hydrogens is 524 g/mol. The number of nitrogens with two attached hydrogens (primary N) is 1. The molecule has 0 radical (unpaired) electrons. The van der Waals surface area contributed by atoms with E-state index < -0.39 is 38.0 Å². The molecule has 0 unspecified atom stereocenters. The van der Waals surface area contributed by atoms with Gasteiger partial charge in [-0.3, -0.25) is 18.1 Å². The number of ether oxygens (including phenoxy) is 1. The van der Waals surface area contributed by atoms with E-state index >= 15 is 0 Å². The highest BCUT2D eigenvalue weighted by atomic mass is 35.5. The quantitative estimate of drug-likeness (QED) is 0.403. The van der Waals surface area contributed by atoms with E-state index in [4.69, 9.17) is 47.2 Å². The molecule has 0 amide bonds. The topological polar surface area (TPSA) is 164 Å². The lowest BCUT2D eigenvalue weighted by Crippen LogP contribution is -2.44. The minimum Gasteiger partial charge on any atom is -0.387 e. The molecule has 12 nitrogen and oxygen atoms in total. The van der Waals surface area contributed by atoms with Crippen molar-refractivity contribution in [1.29, 1.82) is 0 Å². The monoisotopic (exact) mass is 545 g/mol. The maximum Gasteiger partial charge on any atom is 0.475 e. The van der Waals surface area contributed by atoms with Crippen LogP contribution in [0.2, 0.25) is 10.0 Å². The average molecular weight is 546 g/mol. The third-order valence-electron chi connectivity index (χ3n) is 5.99. The van der Waals surface area contributed by atoms with Gasteiger partial charge in [-0.1, -0.05) is 29.3 Å². The van der Waals surface area contributed by atoms with Crippen LogP contribution in [0.3, 0.4) is 0 Å². The summed E-state index contributed by atoms with van der Waals surface area (Å²) in [4.78, 5) is 12.2. The minimum absolute atomic E-state index is 0.110. The van der Waals surface area contributed by atoms with Gasteiger partial charge >= 0.3 is 7.82 Å². The van der Waals surface area contributed by atoms with Crippen LogP contribution in [-0.2, 0) is 22.9 Å². The maximum absolute atomic E-state index is 13.1. The van der Waals surface area contributed by atoms with Gasteiger partial charge in [0.15, 0.2) is 17.7 Å². The third-order valence-corrected chi connectivity index (χ3v) is 8.21. The van der Waals surface area contributed by atoms with Crippen LogP contribution in [0.15, 0.2) is 30.9 Å². The number of hydrogen-bond acceptors (Lipinski definition) is 11. The number of benzene rings is 1. The SMILES string of the molecule is C[C@@]1(O)[C@H](O)[C@@H](CO[P@@]2(=O)OCC[C@@H](c3ccc(Cl)c(Cl)c3)O2)O[C@H]1n1cnc2c(N)ncnc21. The Morgan fingerprint density at radius 2 is 2.11 bits per heavy atom. The Hall–Kier alpha value is -1.86. The predicted molar refractivity (Wildman–Crippen MR) is 125 cm³/mol. The smallest absolute Gasteiger partial charge is 0.387 e. The number of phosphoric acid groups is 1. The summed E-state index contributed by atoms with van der Waals surface area (Å²) < 4.78 is 36.9. The molecule has 188 valence electrons. The van der Waals surface area contributed by atoms with E-state index in [9.17, 15) is 14.8 Å². The molecule has 3 aromatic rings. The number of imidazole rings is 1. The number of aromatic nitrogens is 4. The van der Waals surface area contributed by atoms with Gasteiger partial charge in [-0.05, 0) is 24.6 Å². The number of nitrogen functional groups attached to an aromatic ring is 1. The number of hydrogen-bond donors (Lipinski definition) is 3. The molecule has 4 N–H and O–H groups in total. The molecule has 4 heterocycles. The second kappa shape index (κ2) is 9.22. The summed E-state index contributed by atoms with van der Waals surface area (Å²) in [5, 5.41) is 22.5. The van der Waals surface area contributed by atoms with E-state index in [1.807, 2.05) is 0 Å². The van der Waals surface area contributed by atoms with Crippen LogP contribution >= 0.6 is 31.0 Å². The van der Waals surface area contributed by atoms with Gasteiger partial charge in [0.05, 0.1) is 35.7 Å². The number of anilines is 1. The molecule has 15 heteroatoms. The van der Waals surface area contributed by atoms with E-state index in [1.165, 1.54) is 24.1 Å². The van der Waals surface area contributed by atoms with Gasteiger partial charge in [0, 0.05) is 6.42 Å². The Morgan fingerprint density at radius 1 is 1.31 bits per heavy atom. The summed E-state index contributed by atoms with van der Waals surface area (Å²) in [5.74, 6) is 0.160. The molecule has 2 fully saturated rings. The number of halogens is 2. The third kappa shape index (κ3) is 4.55. The predicted octanol–water partition coefficient (Wildman–Crippen LogP) is 3.03. The van der Waals surface area contributed by atoms with Crippen molar-refractivity contribution < 1.29 is 33.1 Å². The standard InChI is InChI=1S/C20H22Cl2N5O7P/c1-20(29)16(28)14(33-19(20)27-9-26-15-17(23)24-8-25-18(15)27)7-32-35(30)31-5-4-13(34-35)10-2-3-11(21)12(22)6-10/h2-3,6,8-9,13-14,16,19,28-29H,4-5,7H2,1H3,(H2,23,24,25)/t13-,14+,16+,19+,20+,35+/m0/s1. The summed E-state index contributed by atoms with van der Waals surface area (Å²) >= 11 is 12.1. The second-order valence-corrected chi connectivity index (χ2v) is 10.8. The number of rotatable bonds is 5. The number of fused-ring (bicyclic) bond motifs is 1. The van der Waals surface area contributed by atoms with Crippen molar-refractivity contribution in [2.24, 2.45) is 0 Å². The summed E-state index contributed by atoms with van der Waals surface area (Å²) in [6.45, 7) is 1.12. The van der Waals surface area contributed by atoms with Gasteiger partial charge in [-0.2, -0.15) is 0 Å². The summed E-state index contributed by atoms with van der Waals surface area (Å²) in [7, 11) is -4.01. The molecule has 0 bridgehead atoms. The van der Waals surface area contributed by atoms with Gasteiger partial charge in [0.2, 0.25) is 0 Å².